The molecule has 114 valence electrons. The van der Waals surface area contributed by atoms with Crippen LogP contribution in [0.2, 0.25) is 0 Å². The number of rotatable bonds is 7. The number of nitrogens with two attached hydrogens (primary N) is 1. The van der Waals surface area contributed by atoms with Gasteiger partial charge in [-0.05, 0) is 30.5 Å². The fraction of sp³-hybridized carbons (Fsp3) is 0.429. The Hall–Kier alpha value is -1.86. The highest BCUT2D eigenvalue weighted by atomic mass is 19.1. The second-order valence-corrected chi connectivity index (χ2v) is 4.74. The minimum absolute atomic E-state index is 0.184. The van der Waals surface area contributed by atoms with Gasteiger partial charge in [-0.15, -0.1) is 0 Å². The molecule has 0 aliphatic rings. The molecular formula is C14H17F2N3O2. The predicted octanol–water partition coefficient (Wildman–Crippen LogP) is 2.37. The molecule has 1 atom stereocenters. The van der Waals surface area contributed by atoms with Crippen LogP contribution in [0, 0.1) is 11.6 Å². The SMILES string of the molecule is COCCCC(N)c1nc(Cc2cc(F)cc(F)c2)no1. The Bertz CT molecular complexity index is 569. The number of benzene rings is 1. The van der Waals surface area contributed by atoms with E-state index in [0.717, 1.165) is 12.5 Å². The standard InChI is InChI=1S/C14H17F2N3O2/c1-20-4-2-3-12(17)14-18-13(19-21-14)7-9-5-10(15)8-11(16)6-9/h5-6,8,12H,2-4,7,17H2,1H3. The number of hydrogen-bond donors (Lipinski definition) is 1. The maximum atomic E-state index is 13.1. The van der Waals surface area contributed by atoms with E-state index in [-0.39, 0.29) is 12.5 Å². The molecule has 0 saturated carbocycles. The first-order valence-electron chi connectivity index (χ1n) is 6.60. The van der Waals surface area contributed by atoms with Crippen LogP contribution in [0.25, 0.3) is 0 Å². The molecule has 1 aromatic carbocycles. The second kappa shape index (κ2) is 7.24. The molecule has 2 N–H and O–H groups in total. The van der Waals surface area contributed by atoms with Gasteiger partial charge in [0.2, 0.25) is 5.89 Å². The van der Waals surface area contributed by atoms with Crippen LogP contribution in [0.5, 0.6) is 0 Å². The van der Waals surface area contributed by atoms with Crippen molar-refractivity contribution in [2.45, 2.75) is 25.3 Å². The topological polar surface area (TPSA) is 74.2 Å². The number of methoxy groups -OCH3 is 1. The lowest BCUT2D eigenvalue weighted by Gasteiger charge is -2.05. The van der Waals surface area contributed by atoms with E-state index in [4.69, 9.17) is 15.0 Å². The molecule has 0 spiro atoms. The fourth-order valence-corrected chi connectivity index (χ4v) is 1.96. The first kappa shape index (κ1) is 15.5. The van der Waals surface area contributed by atoms with Gasteiger partial charge in [0.05, 0.1) is 6.04 Å². The molecule has 0 fully saturated rings. The van der Waals surface area contributed by atoms with Crippen molar-refractivity contribution in [3.05, 3.63) is 47.1 Å². The van der Waals surface area contributed by atoms with Crippen LogP contribution in [-0.4, -0.2) is 23.9 Å². The normalized spacial score (nSPS) is 12.6. The summed E-state index contributed by atoms with van der Waals surface area (Å²) >= 11 is 0. The summed E-state index contributed by atoms with van der Waals surface area (Å²) in [6.45, 7) is 0.608. The summed E-state index contributed by atoms with van der Waals surface area (Å²) < 4.78 is 36.2. The van der Waals surface area contributed by atoms with Gasteiger partial charge >= 0.3 is 0 Å². The quantitative estimate of drug-likeness (QED) is 0.794. The van der Waals surface area contributed by atoms with Crippen molar-refractivity contribution in [2.75, 3.05) is 13.7 Å². The lowest BCUT2D eigenvalue weighted by Crippen LogP contribution is -2.11. The van der Waals surface area contributed by atoms with Gasteiger partial charge in [-0.1, -0.05) is 5.16 Å². The first-order valence-corrected chi connectivity index (χ1v) is 6.60. The smallest absolute Gasteiger partial charge is 0.243 e. The zero-order chi connectivity index (χ0) is 15.2. The van der Waals surface area contributed by atoms with E-state index < -0.39 is 11.6 Å². The minimum atomic E-state index is -0.634. The summed E-state index contributed by atoms with van der Waals surface area (Å²) in [5, 5.41) is 3.78. The van der Waals surface area contributed by atoms with Gasteiger partial charge in [-0.3, -0.25) is 0 Å². The maximum Gasteiger partial charge on any atom is 0.243 e. The van der Waals surface area contributed by atoms with Crippen molar-refractivity contribution < 1.29 is 18.0 Å². The van der Waals surface area contributed by atoms with E-state index in [1.165, 1.54) is 12.1 Å². The van der Waals surface area contributed by atoms with Crippen molar-refractivity contribution >= 4 is 0 Å². The molecule has 5 nitrogen and oxygen atoms in total. The van der Waals surface area contributed by atoms with Crippen LogP contribution in [0.4, 0.5) is 8.78 Å². The van der Waals surface area contributed by atoms with Crippen molar-refractivity contribution in [3.63, 3.8) is 0 Å². The lowest BCUT2D eigenvalue weighted by molar-refractivity contribution is 0.188. The summed E-state index contributed by atoms with van der Waals surface area (Å²) in [6.07, 6.45) is 1.62. The molecule has 2 aromatic rings. The highest BCUT2D eigenvalue weighted by Crippen LogP contribution is 2.16. The average Bonchev–Trinajstić information content (AvgIpc) is 2.86. The number of aromatic nitrogens is 2. The van der Waals surface area contributed by atoms with E-state index in [1.807, 2.05) is 0 Å². The fourth-order valence-electron chi connectivity index (χ4n) is 1.96. The third kappa shape index (κ3) is 4.57. The highest BCUT2D eigenvalue weighted by molar-refractivity contribution is 5.21. The van der Waals surface area contributed by atoms with E-state index >= 15 is 0 Å². The summed E-state index contributed by atoms with van der Waals surface area (Å²) in [6, 6.07) is 2.91. The van der Waals surface area contributed by atoms with Crippen LogP contribution in [0.3, 0.4) is 0 Å². The van der Waals surface area contributed by atoms with Gasteiger partial charge in [0.15, 0.2) is 5.82 Å². The summed E-state index contributed by atoms with van der Waals surface area (Å²) in [7, 11) is 1.62. The number of nitrogens with zero attached hydrogens (tertiary/aromatic N) is 2. The first-order chi connectivity index (χ1) is 10.1. The third-order valence-corrected chi connectivity index (χ3v) is 2.95. The molecule has 1 unspecified atom stereocenters. The van der Waals surface area contributed by atoms with E-state index in [1.54, 1.807) is 7.11 Å². The molecule has 0 bridgehead atoms. The molecule has 1 heterocycles. The average molecular weight is 297 g/mol. The van der Waals surface area contributed by atoms with Crippen LogP contribution in [-0.2, 0) is 11.2 Å². The molecule has 0 saturated heterocycles. The van der Waals surface area contributed by atoms with Crippen LogP contribution >= 0.6 is 0 Å². The van der Waals surface area contributed by atoms with Crippen molar-refractivity contribution in [1.29, 1.82) is 0 Å². The monoisotopic (exact) mass is 297 g/mol. The second-order valence-electron chi connectivity index (χ2n) is 4.74. The Morgan fingerprint density at radius 3 is 2.67 bits per heavy atom. The Balaban J connectivity index is 1.99. The molecule has 0 radical (unpaired) electrons. The minimum Gasteiger partial charge on any atom is -0.385 e. The number of ether oxygens (including phenoxy) is 1. The summed E-state index contributed by atoms with van der Waals surface area (Å²) in [5.41, 5.74) is 6.36. The highest BCUT2D eigenvalue weighted by Gasteiger charge is 2.15. The number of halogens is 2. The summed E-state index contributed by atoms with van der Waals surface area (Å²) in [5.74, 6) is -0.606. The molecule has 21 heavy (non-hydrogen) atoms. The predicted molar refractivity (Wildman–Crippen MR) is 71.5 cm³/mol. The molecule has 2 rings (SSSR count). The Morgan fingerprint density at radius 1 is 1.29 bits per heavy atom. The van der Waals surface area contributed by atoms with Gasteiger partial charge in [0.1, 0.15) is 11.6 Å². The van der Waals surface area contributed by atoms with Crippen molar-refractivity contribution in [1.82, 2.24) is 10.1 Å². The van der Waals surface area contributed by atoms with Gasteiger partial charge in [0.25, 0.3) is 0 Å². The molecule has 7 heteroatoms. The van der Waals surface area contributed by atoms with Gasteiger partial charge in [-0.2, -0.15) is 4.98 Å². The Morgan fingerprint density at radius 2 is 2.00 bits per heavy atom. The lowest BCUT2D eigenvalue weighted by atomic mass is 10.1. The third-order valence-electron chi connectivity index (χ3n) is 2.95. The Labute approximate surface area is 121 Å². The number of hydrogen-bond acceptors (Lipinski definition) is 5. The summed E-state index contributed by atoms with van der Waals surface area (Å²) in [4.78, 5) is 4.16. The zero-order valence-electron chi connectivity index (χ0n) is 11.7. The van der Waals surface area contributed by atoms with Gasteiger partial charge in [0, 0.05) is 26.2 Å². The van der Waals surface area contributed by atoms with Gasteiger partial charge in [-0.25, -0.2) is 8.78 Å². The van der Waals surface area contributed by atoms with Crippen molar-refractivity contribution in [3.8, 4) is 0 Å². The van der Waals surface area contributed by atoms with Gasteiger partial charge < -0.3 is 15.0 Å². The molecule has 0 aliphatic carbocycles. The van der Waals surface area contributed by atoms with Crippen LogP contribution in [0.15, 0.2) is 22.7 Å². The molecule has 0 aliphatic heterocycles. The van der Waals surface area contributed by atoms with E-state index in [0.29, 0.717) is 30.3 Å². The van der Waals surface area contributed by atoms with Crippen LogP contribution in [0.1, 0.15) is 36.2 Å². The zero-order valence-corrected chi connectivity index (χ0v) is 11.7. The van der Waals surface area contributed by atoms with E-state index in [2.05, 4.69) is 10.1 Å². The largest absolute Gasteiger partial charge is 0.385 e. The molecular weight excluding hydrogens is 280 g/mol. The van der Waals surface area contributed by atoms with E-state index in [9.17, 15) is 8.78 Å². The van der Waals surface area contributed by atoms with Crippen molar-refractivity contribution in [2.24, 2.45) is 5.73 Å². The molecule has 1 aromatic heterocycles. The Kier molecular flexibility index (Phi) is 5.35. The molecule has 0 amide bonds. The van der Waals surface area contributed by atoms with Crippen LogP contribution < -0.4 is 5.73 Å². The maximum absolute atomic E-state index is 13.1.